The van der Waals surface area contributed by atoms with Crippen LogP contribution in [0.4, 0.5) is 5.69 Å². The Bertz CT molecular complexity index is 822. The van der Waals surface area contributed by atoms with Gasteiger partial charge in [0.15, 0.2) is 0 Å². The van der Waals surface area contributed by atoms with Crippen LogP contribution in [-0.2, 0) is 0 Å². The molecule has 2 heterocycles. The Balaban J connectivity index is 1.92. The van der Waals surface area contributed by atoms with Crippen LogP contribution in [0.15, 0.2) is 58.0 Å². The maximum Gasteiger partial charge on any atom is 0.0900 e. The number of hydrogen-bond acceptors (Lipinski definition) is 3. The average Bonchev–Trinajstić information content (AvgIpc) is 2.84. The minimum atomic E-state index is 0.162. The molecule has 4 heteroatoms. The summed E-state index contributed by atoms with van der Waals surface area (Å²) in [6.07, 6.45) is 1.80. The first-order chi connectivity index (χ1) is 9.84. The van der Waals surface area contributed by atoms with E-state index in [2.05, 4.69) is 68.7 Å². The van der Waals surface area contributed by atoms with Crippen LogP contribution in [0.2, 0.25) is 0 Å². The second-order valence-electron chi connectivity index (χ2n) is 4.69. The van der Waals surface area contributed by atoms with Crippen molar-refractivity contribution in [2.45, 2.75) is 6.04 Å². The Kier molecular flexibility index (Phi) is 2.86. The van der Waals surface area contributed by atoms with Crippen LogP contribution >= 0.6 is 27.3 Å². The van der Waals surface area contributed by atoms with Crippen molar-refractivity contribution in [2.24, 2.45) is 4.99 Å². The Morgan fingerprint density at radius 2 is 1.85 bits per heavy atom. The van der Waals surface area contributed by atoms with Crippen LogP contribution in [0, 0.1) is 0 Å². The summed E-state index contributed by atoms with van der Waals surface area (Å²) in [6, 6.07) is 16.9. The standard InChI is InChI=1S/C16H11BrN2S/c17-14-11-6-2-4-8-13(11)20-16(14)15-10-5-1-3-7-12(10)18-9-19-15/h1-9,15H,(H,18,19). The zero-order chi connectivity index (χ0) is 13.5. The summed E-state index contributed by atoms with van der Waals surface area (Å²) in [6.45, 7) is 0. The lowest BCUT2D eigenvalue weighted by Gasteiger charge is -2.22. The highest BCUT2D eigenvalue weighted by Gasteiger charge is 2.24. The summed E-state index contributed by atoms with van der Waals surface area (Å²) >= 11 is 5.59. The van der Waals surface area contributed by atoms with E-state index in [1.54, 1.807) is 6.34 Å². The highest BCUT2D eigenvalue weighted by molar-refractivity contribution is 9.10. The molecule has 0 saturated carbocycles. The first kappa shape index (κ1) is 12.1. The van der Waals surface area contributed by atoms with Crippen molar-refractivity contribution in [2.75, 3.05) is 0 Å². The second-order valence-corrected chi connectivity index (χ2v) is 6.57. The number of benzene rings is 2. The molecule has 98 valence electrons. The lowest BCUT2D eigenvalue weighted by Crippen LogP contribution is -2.23. The van der Waals surface area contributed by atoms with Gasteiger partial charge in [-0.25, -0.2) is 4.99 Å². The van der Waals surface area contributed by atoms with Crippen molar-refractivity contribution in [3.8, 4) is 0 Å². The lowest BCUT2D eigenvalue weighted by molar-refractivity contribution is 0.775. The Labute approximate surface area is 129 Å². The van der Waals surface area contributed by atoms with Gasteiger partial charge < -0.3 is 5.32 Å². The smallest absolute Gasteiger partial charge is 0.0900 e. The minimum Gasteiger partial charge on any atom is -0.364 e. The van der Waals surface area contributed by atoms with Crippen LogP contribution < -0.4 is 5.32 Å². The fraction of sp³-hybridized carbons (Fsp3) is 0.0625. The normalized spacial score (nSPS) is 16.9. The van der Waals surface area contributed by atoms with Gasteiger partial charge in [-0.3, -0.25) is 0 Å². The van der Waals surface area contributed by atoms with Crippen molar-refractivity contribution in [1.29, 1.82) is 0 Å². The van der Waals surface area contributed by atoms with E-state index in [-0.39, 0.29) is 6.04 Å². The van der Waals surface area contributed by atoms with E-state index >= 15 is 0 Å². The Morgan fingerprint density at radius 3 is 2.75 bits per heavy atom. The number of para-hydroxylation sites is 1. The first-order valence-corrected chi connectivity index (χ1v) is 8.00. The molecule has 2 nitrogen and oxygen atoms in total. The number of halogens is 1. The molecule has 0 radical (unpaired) electrons. The van der Waals surface area contributed by atoms with E-state index in [4.69, 9.17) is 0 Å². The van der Waals surface area contributed by atoms with Gasteiger partial charge in [0.05, 0.1) is 18.1 Å². The molecule has 0 fully saturated rings. The molecule has 1 N–H and O–H groups in total. The van der Waals surface area contributed by atoms with Gasteiger partial charge in [0.2, 0.25) is 0 Å². The topological polar surface area (TPSA) is 24.4 Å². The maximum atomic E-state index is 4.41. The molecule has 2 aromatic carbocycles. The van der Waals surface area contributed by atoms with Crippen LogP contribution in [-0.4, -0.2) is 6.34 Å². The summed E-state index contributed by atoms with van der Waals surface area (Å²) in [5, 5.41) is 4.65. The molecule has 3 aromatic rings. The molecule has 0 bridgehead atoms. The first-order valence-electron chi connectivity index (χ1n) is 6.39. The van der Waals surface area contributed by atoms with E-state index in [1.165, 1.54) is 25.0 Å². The predicted molar refractivity (Wildman–Crippen MR) is 89.1 cm³/mol. The van der Waals surface area contributed by atoms with E-state index in [1.807, 2.05) is 17.4 Å². The van der Waals surface area contributed by atoms with Crippen molar-refractivity contribution >= 4 is 49.4 Å². The number of rotatable bonds is 1. The van der Waals surface area contributed by atoms with Gasteiger partial charge >= 0.3 is 0 Å². The number of fused-ring (bicyclic) bond motifs is 2. The molecule has 1 atom stereocenters. The maximum absolute atomic E-state index is 4.41. The number of nitrogens with one attached hydrogen (secondary N) is 1. The Morgan fingerprint density at radius 1 is 1.05 bits per heavy atom. The lowest BCUT2D eigenvalue weighted by atomic mass is 10.0. The summed E-state index contributed by atoms with van der Waals surface area (Å²) in [5.74, 6) is 0. The molecule has 0 saturated heterocycles. The van der Waals surface area contributed by atoms with Crippen molar-refractivity contribution in [3.63, 3.8) is 0 Å². The molecular weight excluding hydrogens is 332 g/mol. The minimum absolute atomic E-state index is 0.162. The molecule has 0 aliphatic carbocycles. The van der Waals surface area contributed by atoms with E-state index in [0.29, 0.717) is 0 Å². The summed E-state index contributed by atoms with van der Waals surface area (Å²) in [4.78, 5) is 5.70. The SMILES string of the molecule is Brc1c(C2NC=Nc3ccccc32)sc2ccccc12. The number of thiophene rings is 1. The molecule has 1 aliphatic heterocycles. The highest BCUT2D eigenvalue weighted by atomic mass is 79.9. The summed E-state index contributed by atoms with van der Waals surface area (Å²) < 4.78 is 2.48. The van der Waals surface area contributed by atoms with E-state index in [9.17, 15) is 0 Å². The molecule has 0 spiro atoms. The van der Waals surface area contributed by atoms with Crippen molar-refractivity contribution < 1.29 is 0 Å². The highest BCUT2D eigenvalue weighted by Crippen LogP contribution is 2.43. The zero-order valence-electron chi connectivity index (χ0n) is 10.5. The van der Waals surface area contributed by atoms with Gasteiger partial charge in [0.1, 0.15) is 0 Å². The average molecular weight is 343 g/mol. The molecule has 1 aromatic heterocycles. The third-order valence-corrected chi connectivity index (χ3v) is 5.87. The van der Waals surface area contributed by atoms with E-state index in [0.717, 1.165) is 5.69 Å². The van der Waals surface area contributed by atoms with Gasteiger partial charge in [0.25, 0.3) is 0 Å². The van der Waals surface area contributed by atoms with E-state index < -0.39 is 0 Å². The molecule has 4 rings (SSSR count). The number of aliphatic imine (C=N–C) groups is 1. The number of nitrogens with zero attached hydrogens (tertiary/aromatic N) is 1. The second kappa shape index (κ2) is 4.72. The number of hydrogen-bond donors (Lipinski definition) is 1. The molecule has 1 unspecified atom stereocenters. The fourth-order valence-corrected chi connectivity index (χ4v) is 4.68. The third kappa shape index (κ3) is 1.79. The molecule has 0 amide bonds. The largest absolute Gasteiger partial charge is 0.364 e. The molecule has 1 aliphatic rings. The van der Waals surface area contributed by atoms with Crippen LogP contribution in [0.1, 0.15) is 16.5 Å². The molecule has 20 heavy (non-hydrogen) atoms. The van der Waals surface area contributed by atoms with Crippen LogP contribution in [0.3, 0.4) is 0 Å². The quantitative estimate of drug-likeness (QED) is 0.659. The van der Waals surface area contributed by atoms with Gasteiger partial charge in [-0.05, 0) is 28.1 Å². The van der Waals surface area contributed by atoms with Crippen LogP contribution in [0.25, 0.3) is 10.1 Å². The molecular formula is C16H11BrN2S. The Hall–Kier alpha value is -1.65. The van der Waals surface area contributed by atoms with Gasteiger partial charge in [-0.2, -0.15) is 0 Å². The predicted octanol–water partition coefficient (Wildman–Crippen LogP) is 5.02. The summed E-state index contributed by atoms with van der Waals surface area (Å²) in [5.41, 5.74) is 2.27. The monoisotopic (exact) mass is 342 g/mol. The third-order valence-electron chi connectivity index (χ3n) is 3.51. The van der Waals surface area contributed by atoms with Crippen LogP contribution in [0.5, 0.6) is 0 Å². The zero-order valence-corrected chi connectivity index (χ0v) is 12.9. The summed E-state index contributed by atoms with van der Waals surface area (Å²) in [7, 11) is 0. The van der Waals surface area contributed by atoms with Gasteiger partial charge in [-0.15, -0.1) is 11.3 Å². The van der Waals surface area contributed by atoms with Crippen molar-refractivity contribution in [3.05, 3.63) is 63.4 Å². The van der Waals surface area contributed by atoms with Crippen molar-refractivity contribution in [1.82, 2.24) is 5.32 Å². The van der Waals surface area contributed by atoms with Gasteiger partial charge in [0, 0.05) is 25.0 Å². The van der Waals surface area contributed by atoms with Gasteiger partial charge in [-0.1, -0.05) is 36.4 Å². The fourth-order valence-electron chi connectivity index (χ4n) is 2.56.